The van der Waals surface area contributed by atoms with Crippen molar-refractivity contribution in [2.24, 2.45) is 0 Å². The molecule has 0 spiro atoms. The van der Waals surface area contributed by atoms with Gasteiger partial charge in [-0.25, -0.2) is 0 Å². The van der Waals surface area contributed by atoms with E-state index in [1.54, 1.807) is 14.2 Å². The van der Waals surface area contributed by atoms with Crippen molar-refractivity contribution < 1.29 is 19.4 Å². The quantitative estimate of drug-likeness (QED) is 0.332. The highest BCUT2D eigenvalue weighted by atomic mass is 16.5. The van der Waals surface area contributed by atoms with Gasteiger partial charge in [0.15, 0.2) is 11.5 Å². The fourth-order valence-corrected chi connectivity index (χ4v) is 2.67. The third kappa shape index (κ3) is 6.31. The average molecular weight is 406 g/mol. The van der Waals surface area contributed by atoms with Gasteiger partial charge >= 0.3 is 0 Å². The summed E-state index contributed by atoms with van der Waals surface area (Å²) < 4.78 is 10.7. The number of aliphatic carboxylic acids is 1. The van der Waals surface area contributed by atoms with E-state index in [2.05, 4.69) is 6.07 Å². The Kier molecular flexibility index (Phi) is 7.88. The van der Waals surface area contributed by atoms with E-state index >= 15 is 0 Å². The minimum Gasteiger partial charge on any atom is -0.492 e. The molecule has 0 heterocycles. The molecule has 0 unspecified atom stereocenters. The number of nitrogen functional groups attached to an aromatic ring is 2. The normalized spacial score (nSPS) is 10.2. The zero-order valence-electron chi connectivity index (χ0n) is 17.3. The first-order chi connectivity index (χ1) is 14.4. The van der Waals surface area contributed by atoms with Gasteiger partial charge in [-0.1, -0.05) is 48.6 Å². The molecule has 0 amide bonds. The SMILES string of the molecule is CC(=O)O.COc1c(N)ccc(C=Cc2ccccc2)c1OC.Nc1ccc2cc1-2. The second kappa shape index (κ2) is 10.6. The molecule has 0 fully saturated rings. The number of ether oxygens (including phenoxy) is 2. The minimum absolute atomic E-state index is 0.566. The highest BCUT2D eigenvalue weighted by Gasteiger charge is 2.13. The first-order valence-electron chi connectivity index (χ1n) is 9.20. The molecule has 156 valence electrons. The van der Waals surface area contributed by atoms with Gasteiger partial charge in [0.05, 0.1) is 19.9 Å². The van der Waals surface area contributed by atoms with Gasteiger partial charge in [0.1, 0.15) is 0 Å². The van der Waals surface area contributed by atoms with Gasteiger partial charge in [0.25, 0.3) is 5.97 Å². The third-order valence-corrected chi connectivity index (χ3v) is 4.12. The van der Waals surface area contributed by atoms with E-state index < -0.39 is 5.97 Å². The molecule has 6 nitrogen and oxygen atoms in total. The number of anilines is 2. The zero-order chi connectivity index (χ0) is 22.1. The summed E-state index contributed by atoms with van der Waals surface area (Å²) in [5, 5.41) is 7.42. The van der Waals surface area contributed by atoms with E-state index in [4.69, 9.17) is 30.8 Å². The van der Waals surface area contributed by atoms with Crippen LogP contribution in [0.1, 0.15) is 18.1 Å². The van der Waals surface area contributed by atoms with Crippen molar-refractivity contribution in [2.75, 3.05) is 25.7 Å². The van der Waals surface area contributed by atoms with Crippen LogP contribution in [0.3, 0.4) is 0 Å². The van der Waals surface area contributed by atoms with E-state index in [-0.39, 0.29) is 0 Å². The molecule has 6 heteroatoms. The first-order valence-corrected chi connectivity index (χ1v) is 9.20. The molecule has 2 aromatic carbocycles. The molecule has 0 aromatic heterocycles. The number of fused-ring (bicyclic) bond motifs is 1. The number of rotatable bonds is 4. The van der Waals surface area contributed by atoms with Crippen LogP contribution in [0.15, 0.2) is 60.7 Å². The lowest BCUT2D eigenvalue weighted by atomic mass is 10.1. The minimum atomic E-state index is -0.833. The Bertz CT molecular complexity index is 1030. The molecule has 2 aliphatic carbocycles. The van der Waals surface area contributed by atoms with E-state index in [1.807, 2.05) is 66.7 Å². The lowest BCUT2D eigenvalue weighted by Gasteiger charge is -2.12. The van der Waals surface area contributed by atoms with Crippen LogP contribution in [-0.4, -0.2) is 25.3 Å². The molecule has 0 aliphatic heterocycles. The lowest BCUT2D eigenvalue weighted by molar-refractivity contribution is -0.134. The summed E-state index contributed by atoms with van der Waals surface area (Å²) in [6.45, 7) is 1.08. The molecule has 2 aromatic rings. The van der Waals surface area contributed by atoms with Crippen molar-refractivity contribution in [3.05, 3.63) is 71.8 Å². The topological polar surface area (TPSA) is 108 Å². The predicted octanol–water partition coefficient (Wildman–Crippen LogP) is 4.80. The van der Waals surface area contributed by atoms with Gasteiger partial charge in [-0.05, 0) is 35.4 Å². The maximum absolute atomic E-state index is 9.00. The van der Waals surface area contributed by atoms with Gasteiger partial charge in [-0.3, -0.25) is 4.79 Å². The van der Waals surface area contributed by atoms with Gasteiger partial charge in [0.2, 0.25) is 0 Å². The second-order valence-corrected chi connectivity index (χ2v) is 6.38. The summed E-state index contributed by atoms with van der Waals surface area (Å²) in [6, 6.07) is 19.8. The van der Waals surface area contributed by atoms with Crippen LogP contribution in [0.5, 0.6) is 11.5 Å². The van der Waals surface area contributed by atoms with E-state index in [0.29, 0.717) is 17.2 Å². The number of hydrogen-bond acceptors (Lipinski definition) is 5. The van der Waals surface area contributed by atoms with E-state index in [1.165, 1.54) is 11.1 Å². The Labute approximate surface area is 176 Å². The number of benzene rings is 3. The predicted molar refractivity (Wildman–Crippen MR) is 122 cm³/mol. The van der Waals surface area contributed by atoms with Crippen LogP contribution in [0.4, 0.5) is 11.4 Å². The molecule has 5 N–H and O–H groups in total. The second-order valence-electron chi connectivity index (χ2n) is 6.38. The largest absolute Gasteiger partial charge is 0.492 e. The number of methoxy groups -OCH3 is 2. The summed E-state index contributed by atoms with van der Waals surface area (Å²) in [7, 11) is 3.19. The maximum Gasteiger partial charge on any atom is 0.300 e. The van der Waals surface area contributed by atoms with Crippen LogP contribution < -0.4 is 20.9 Å². The molecular weight excluding hydrogens is 380 g/mol. The zero-order valence-corrected chi connectivity index (χ0v) is 17.3. The molecular formula is C24H26N2O4. The standard InChI is InChI=1S/C16H17NO2.C6H5N.C2H4O2/c1-18-15-13(10-11-14(17)16(15)19-2)9-8-12-6-4-3-5-7-12;7-6-2-1-4-3-5(4)6;1-2(3)4/h3-11H,17H2,1-2H3;1-3H,7H2;1H3,(H,3,4). The molecule has 0 saturated heterocycles. The Morgan fingerprint density at radius 3 is 1.90 bits per heavy atom. The van der Waals surface area contributed by atoms with Crippen molar-refractivity contribution in [1.29, 1.82) is 0 Å². The Morgan fingerprint density at radius 2 is 1.47 bits per heavy atom. The van der Waals surface area contributed by atoms with E-state index in [9.17, 15) is 0 Å². The molecule has 30 heavy (non-hydrogen) atoms. The van der Waals surface area contributed by atoms with Gasteiger partial charge in [-0.15, -0.1) is 0 Å². The number of nitrogens with two attached hydrogens (primary N) is 2. The van der Waals surface area contributed by atoms with Crippen molar-refractivity contribution in [3.8, 4) is 22.6 Å². The highest BCUT2D eigenvalue weighted by Crippen LogP contribution is 2.39. The van der Waals surface area contributed by atoms with E-state index in [0.717, 1.165) is 23.7 Å². The van der Waals surface area contributed by atoms with Crippen LogP contribution in [0.2, 0.25) is 0 Å². The van der Waals surface area contributed by atoms with Crippen LogP contribution in [0, 0.1) is 0 Å². The van der Waals surface area contributed by atoms with Crippen LogP contribution in [0.25, 0.3) is 23.3 Å². The fourth-order valence-electron chi connectivity index (χ4n) is 2.67. The summed E-state index contributed by atoms with van der Waals surface area (Å²) in [5.41, 5.74) is 17.4. The van der Waals surface area contributed by atoms with Crippen molar-refractivity contribution >= 4 is 29.5 Å². The fraction of sp³-hybridized carbons (Fsp3) is 0.125. The maximum atomic E-state index is 9.00. The number of carboxylic acids is 1. The van der Waals surface area contributed by atoms with Crippen LogP contribution >= 0.6 is 0 Å². The Morgan fingerprint density at radius 1 is 0.867 bits per heavy atom. The Balaban J connectivity index is 0.000000236. The summed E-state index contributed by atoms with van der Waals surface area (Å²) in [6.07, 6.45) is 4.00. The molecule has 4 rings (SSSR count). The summed E-state index contributed by atoms with van der Waals surface area (Å²) in [5.74, 6) is 0.382. The van der Waals surface area contributed by atoms with Crippen molar-refractivity contribution in [2.45, 2.75) is 6.92 Å². The van der Waals surface area contributed by atoms with Crippen molar-refractivity contribution in [1.82, 2.24) is 0 Å². The first kappa shape index (κ1) is 22.4. The molecule has 2 aliphatic rings. The van der Waals surface area contributed by atoms with Crippen LogP contribution in [-0.2, 0) is 4.79 Å². The highest BCUT2D eigenvalue weighted by molar-refractivity contribution is 5.91. The van der Waals surface area contributed by atoms with Crippen molar-refractivity contribution in [3.63, 3.8) is 0 Å². The number of carboxylic acid groups (broad SMARTS) is 1. The number of carbonyl (C=O) groups is 1. The Hall–Kier alpha value is -3.93. The molecule has 0 bridgehead atoms. The smallest absolute Gasteiger partial charge is 0.300 e. The van der Waals surface area contributed by atoms with Gasteiger partial charge < -0.3 is 26.0 Å². The monoisotopic (exact) mass is 406 g/mol. The average Bonchev–Trinajstić information content (AvgIpc) is 3.43. The molecule has 0 atom stereocenters. The van der Waals surface area contributed by atoms with Gasteiger partial charge in [-0.2, -0.15) is 0 Å². The summed E-state index contributed by atoms with van der Waals surface area (Å²) >= 11 is 0. The lowest BCUT2D eigenvalue weighted by Crippen LogP contribution is -1.97. The third-order valence-electron chi connectivity index (χ3n) is 4.12. The number of hydrogen-bond donors (Lipinski definition) is 3. The molecule has 0 radical (unpaired) electrons. The molecule has 0 saturated carbocycles. The van der Waals surface area contributed by atoms with Gasteiger partial charge in [0, 0.05) is 23.7 Å². The summed E-state index contributed by atoms with van der Waals surface area (Å²) in [4.78, 5) is 9.00.